The standard InChI is InChI=1S/C26H47NO5P/c1-5-6-7-8-9-10-11-22-12-14-23(15-13-22)16-17-26(27,20-28)18-19-33(30)32-21-31-24(29)25(2,3)4/h12-15,24,28-29H,5-11,16-21,27H2,1-4H3/q+1. The first-order chi connectivity index (χ1) is 15.6. The van der Waals surface area contributed by atoms with Gasteiger partial charge in [-0.15, -0.1) is 4.52 Å². The van der Waals surface area contributed by atoms with Crippen LogP contribution >= 0.6 is 8.03 Å². The smallest absolute Gasteiger partial charge is 0.394 e. The minimum atomic E-state index is -1.98. The molecule has 0 radical (unpaired) electrons. The molecular weight excluding hydrogens is 437 g/mol. The average molecular weight is 485 g/mol. The van der Waals surface area contributed by atoms with Gasteiger partial charge in [-0.2, -0.15) is 0 Å². The largest absolute Gasteiger partial charge is 0.510 e. The van der Waals surface area contributed by atoms with Crippen molar-refractivity contribution in [1.82, 2.24) is 0 Å². The van der Waals surface area contributed by atoms with Gasteiger partial charge in [-0.25, -0.2) is 0 Å². The molecule has 190 valence electrons. The second kappa shape index (κ2) is 15.9. The van der Waals surface area contributed by atoms with Gasteiger partial charge < -0.3 is 20.7 Å². The number of hydrogen-bond donors (Lipinski definition) is 3. The van der Waals surface area contributed by atoms with Gasteiger partial charge in [0.1, 0.15) is 0 Å². The fourth-order valence-electron chi connectivity index (χ4n) is 3.44. The molecule has 0 aliphatic carbocycles. The quantitative estimate of drug-likeness (QED) is 0.140. The number of unbranched alkanes of at least 4 members (excludes halogenated alkanes) is 5. The number of hydrogen-bond acceptors (Lipinski definition) is 6. The third kappa shape index (κ3) is 13.6. The van der Waals surface area contributed by atoms with Gasteiger partial charge >= 0.3 is 8.03 Å². The van der Waals surface area contributed by atoms with Gasteiger partial charge in [0, 0.05) is 17.4 Å². The van der Waals surface area contributed by atoms with Gasteiger partial charge in [-0.1, -0.05) is 84.1 Å². The Morgan fingerprint density at radius 2 is 1.55 bits per heavy atom. The molecule has 7 heteroatoms. The summed E-state index contributed by atoms with van der Waals surface area (Å²) in [6.45, 7) is 7.34. The molecule has 0 heterocycles. The van der Waals surface area contributed by atoms with Crippen LogP contribution in [0.25, 0.3) is 0 Å². The Morgan fingerprint density at radius 1 is 0.970 bits per heavy atom. The first kappa shape index (κ1) is 30.2. The maximum Gasteiger partial charge on any atom is 0.510 e. The third-order valence-electron chi connectivity index (χ3n) is 6.02. The van der Waals surface area contributed by atoms with E-state index in [9.17, 15) is 14.8 Å². The molecule has 1 aromatic rings. The lowest BCUT2D eigenvalue weighted by molar-refractivity contribution is -0.189. The third-order valence-corrected chi connectivity index (χ3v) is 7.01. The Balaban J connectivity index is 2.33. The van der Waals surface area contributed by atoms with Crippen molar-refractivity contribution in [2.75, 3.05) is 19.6 Å². The topological polar surface area (TPSA) is 102 Å². The van der Waals surface area contributed by atoms with Crippen LogP contribution in [0.4, 0.5) is 0 Å². The molecule has 0 aromatic heterocycles. The van der Waals surface area contributed by atoms with E-state index in [-0.39, 0.29) is 19.6 Å². The van der Waals surface area contributed by atoms with Crippen molar-refractivity contribution >= 4 is 8.03 Å². The predicted octanol–water partition coefficient (Wildman–Crippen LogP) is 5.70. The number of aliphatic hydroxyl groups is 2. The summed E-state index contributed by atoms with van der Waals surface area (Å²) in [7, 11) is -1.98. The molecule has 0 spiro atoms. The van der Waals surface area contributed by atoms with E-state index in [1.807, 2.05) is 20.8 Å². The number of benzene rings is 1. The molecular formula is C26H47NO5P+. The number of nitrogens with two attached hydrogens (primary N) is 1. The van der Waals surface area contributed by atoms with Gasteiger partial charge in [0.2, 0.25) is 6.79 Å². The predicted molar refractivity (Wildman–Crippen MR) is 135 cm³/mol. The van der Waals surface area contributed by atoms with E-state index in [1.165, 1.54) is 49.7 Å². The van der Waals surface area contributed by atoms with Gasteiger partial charge in [0.15, 0.2) is 12.5 Å². The number of ether oxygens (including phenoxy) is 1. The molecule has 3 atom stereocenters. The normalized spacial score (nSPS) is 15.3. The SMILES string of the molecule is CCCCCCCCc1ccc(CCC(N)(CO)CC[P+](=O)OCOC(O)C(C)(C)C)cc1. The summed E-state index contributed by atoms with van der Waals surface area (Å²) < 4.78 is 22.5. The van der Waals surface area contributed by atoms with Crippen molar-refractivity contribution < 1.29 is 24.0 Å². The molecule has 0 saturated carbocycles. The van der Waals surface area contributed by atoms with E-state index >= 15 is 0 Å². The zero-order valence-electron chi connectivity index (χ0n) is 21.2. The summed E-state index contributed by atoms with van der Waals surface area (Å²) >= 11 is 0. The summed E-state index contributed by atoms with van der Waals surface area (Å²) in [6.07, 6.45) is 9.92. The van der Waals surface area contributed by atoms with Gasteiger partial charge in [0.05, 0.1) is 6.61 Å². The van der Waals surface area contributed by atoms with Crippen LogP contribution in [0, 0.1) is 5.41 Å². The maximum absolute atomic E-state index is 12.1. The van der Waals surface area contributed by atoms with Crippen molar-refractivity contribution in [2.24, 2.45) is 11.1 Å². The minimum absolute atomic E-state index is 0.175. The fourth-order valence-corrected chi connectivity index (χ4v) is 4.38. The van der Waals surface area contributed by atoms with Crippen LogP contribution in [0.15, 0.2) is 24.3 Å². The van der Waals surface area contributed by atoms with Crippen LogP contribution in [-0.4, -0.2) is 41.6 Å². The van der Waals surface area contributed by atoms with Crippen LogP contribution < -0.4 is 5.73 Å². The van der Waals surface area contributed by atoms with Gasteiger partial charge in [-0.3, -0.25) is 0 Å². The molecule has 4 N–H and O–H groups in total. The molecule has 33 heavy (non-hydrogen) atoms. The number of aliphatic hydroxyl groups excluding tert-OH is 2. The van der Waals surface area contributed by atoms with Gasteiger partial charge in [0.25, 0.3) is 0 Å². The second-order valence-corrected chi connectivity index (χ2v) is 11.7. The minimum Gasteiger partial charge on any atom is -0.394 e. The van der Waals surface area contributed by atoms with E-state index in [2.05, 4.69) is 31.2 Å². The molecule has 0 amide bonds. The van der Waals surface area contributed by atoms with Crippen LogP contribution in [0.1, 0.15) is 90.2 Å². The highest BCUT2D eigenvalue weighted by atomic mass is 31.1. The van der Waals surface area contributed by atoms with E-state index in [4.69, 9.17) is 15.0 Å². The van der Waals surface area contributed by atoms with E-state index < -0.39 is 25.3 Å². The van der Waals surface area contributed by atoms with Crippen molar-refractivity contribution in [3.8, 4) is 0 Å². The van der Waals surface area contributed by atoms with Crippen LogP contribution in [0.5, 0.6) is 0 Å². The first-order valence-corrected chi connectivity index (χ1v) is 13.8. The molecule has 0 aliphatic rings. The summed E-state index contributed by atoms with van der Waals surface area (Å²) in [5.74, 6) is 0. The van der Waals surface area contributed by atoms with Gasteiger partial charge in [-0.05, 0) is 41.4 Å². The van der Waals surface area contributed by atoms with E-state index in [0.717, 1.165) is 12.8 Å². The highest BCUT2D eigenvalue weighted by Gasteiger charge is 2.30. The molecule has 1 aromatic carbocycles. The molecule has 0 bridgehead atoms. The highest BCUT2D eigenvalue weighted by Crippen LogP contribution is 2.28. The summed E-state index contributed by atoms with van der Waals surface area (Å²) in [4.78, 5) is 0. The van der Waals surface area contributed by atoms with Crippen LogP contribution in [0.3, 0.4) is 0 Å². The van der Waals surface area contributed by atoms with E-state index in [0.29, 0.717) is 12.8 Å². The maximum atomic E-state index is 12.1. The Hall–Kier alpha value is -0.880. The average Bonchev–Trinajstić information content (AvgIpc) is 2.78. The second-order valence-electron chi connectivity index (χ2n) is 10.3. The van der Waals surface area contributed by atoms with Crippen LogP contribution in [-0.2, 0) is 26.7 Å². The van der Waals surface area contributed by atoms with E-state index in [1.54, 1.807) is 0 Å². The molecule has 0 saturated heterocycles. The molecule has 0 fully saturated rings. The molecule has 0 aliphatic heterocycles. The molecule has 3 unspecified atom stereocenters. The zero-order valence-corrected chi connectivity index (χ0v) is 22.1. The Morgan fingerprint density at radius 3 is 2.12 bits per heavy atom. The Labute approximate surface area is 202 Å². The summed E-state index contributed by atoms with van der Waals surface area (Å²) in [6, 6.07) is 8.67. The lowest BCUT2D eigenvalue weighted by Gasteiger charge is -2.25. The Kier molecular flexibility index (Phi) is 14.5. The summed E-state index contributed by atoms with van der Waals surface area (Å²) in [5.41, 5.74) is 7.67. The molecule has 6 nitrogen and oxygen atoms in total. The highest BCUT2D eigenvalue weighted by molar-refractivity contribution is 7.39. The lowest BCUT2D eigenvalue weighted by Crippen LogP contribution is -2.44. The van der Waals surface area contributed by atoms with Crippen LogP contribution in [0.2, 0.25) is 0 Å². The molecule has 1 rings (SSSR count). The number of aryl methyl sites for hydroxylation is 2. The Bertz CT molecular complexity index is 662. The number of rotatable bonds is 18. The van der Waals surface area contributed by atoms with Crippen molar-refractivity contribution in [3.63, 3.8) is 0 Å². The van der Waals surface area contributed by atoms with Crippen molar-refractivity contribution in [1.29, 1.82) is 0 Å². The fraction of sp³-hybridized carbons (Fsp3) is 0.769. The van der Waals surface area contributed by atoms with Crippen molar-refractivity contribution in [3.05, 3.63) is 35.4 Å². The monoisotopic (exact) mass is 484 g/mol. The first-order valence-electron chi connectivity index (χ1n) is 12.4. The van der Waals surface area contributed by atoms with Crippen molar-refractivity contribution in [2.45, 2.75) is 104 Å². The summed E-state index contributed by atoms with van der Waals surface area (Å²) in [5, 5.41) is 19.6. The zero-order chi connectivity index (χ0) is 24.7. The lowest BCUT2D eigenvalue weighted by atomic mass is 9.90.